The van der Waals surface area contributed by atoms with Crippen LogP contribution in [-0.2, 0) is 0 Å². The zero-order valence-corrected chi connectivity index (χ0v) is 8.10. The van der Waals surface area contributed by atoms with Crippen LogP contribution in [0, 0.1) is 0 Å². The van der Waals surface area contributed by atoms with Gasteiger partial charge in [-0.2, -0.15) is 0 Å². The van der Waals surface area contributed by atoms with Crippen LogP contribution in [0.2, 0.25) is 0 Å². The first-order valence-corrected chi connectivity index (χ1v) is 4.69. The van der Waals surface area contributed by atoms with Gasteiger partial charge in [-0.1, -0.05) is 36.4 Å². The minimum atomic E-state index is -0.247. The van der Waals surface area contributed by atoms with Gasteiger partial charge in [0.25, 0.3) is 0 Å². The summed E-state index contributed by atoms with van der Waals surface area (Å²) in [4.78, 5) is 3.92. The van der Waals surface area contributed by atoms with Crippen molar-refractivity contribution < 1.29 is 4.39 Å². The number of hydrogen-bond donors (Lipinski definition) is 0. The van der Waals surface area contributed by atoms with E-state index in [9.17, 15) is 4.39 Å². The van der Waals surface area contributed by atoms with Gasteiger partial charge in [0.1, 0.15) is 5.83 Å². The van der Waals surface area contributed by atoms with Crippen molar-refractivity contribution in [3.8, 4) is 0 Å². The normalized spacial score (nSPS) is 11.4. The minimum absolute atomic E-state index is 0.247. The second kappa shape index (κ2) is 4.51. The van der Waals surface area contributed by atoms with Gasteiger partial charge in [-0.15, -0.1) is 0 Å². The van der Waals surface area contributed by atoms with Gasteiger partial charge in [-0.3, -0.25) is 4.98 Å². The molecule has 0 unspecified atom stereocenters. The fourth-order valence-electron chi connectivity index (χ4n) is 1.29. The van der Waals surface area contributed by atoms with Crippen molar-refractivity contribution in [1.82, 2.24) is 4.98 Å². The van der Waals surface area contributed by atoms with E-state index in [1.807, 2.05) is 24.3 Å². The largest absolute Gasteiger partial charge is 0.264 e. The topological polar surface area (TPSA) is 12.9 Å². The van der Waals surface area contributed by atoms with E-state index in [4.69, 9.17) is 0 Å². The Kier molecular flexibility index (Phi) is 2.88. The maximum Gasteiger partial charge on any atom is 0.131 e. The molecule has 0 aliphatic heterocycles. The highest BCUT2D eigenvalue weighted by Gasteiger charge is 1.98. The first-order chi connectivity index (χ1) is 7.36. The van der Waals surface area contributed by atoms with Crippen molar-refractivity contribution in [2.45, 2.75) is 0 Å². The molecule has 0 fully saturated rings. The minimum Gasteiger partial charge on any atom is -0.264 e. The highest BCUT2D eigenvalue weighted by Crippen LogP contribution is 2.18. The van der Waals surface area contributed by atoms with E-state index in [0.29, 0.717) is 5.56 Å². The number of halogens is 1. The van der Waals surface area contributed by atoms with Crippen LogP contribution in [0.15, 0.2) is 54.9 Å². The number of hydrogen-bond acceptors (Lipinski definition) is 1. The molecular weight excluding hydrogens is 189 g/mol. The summed E-state index contributed by atoms with van der Waals surface area (Å²) in [6, 6.07) is 12.6. The molecule has 15 heavy (non-hydrogen) atoms. The molecule has 1 aromatic heterocycles. The third-order valence-electron chi connectivity index (χ3n) is 2.03. The maximum absolute atomic E-state index is 13.7. The average Bonchev–Trinajstić information content (AvgIpc) is 2.31. The van der Waals surface area contributed by atoms with Gasteiger partial charge in [0, 0.05) is 18.0 Å². The Bertz CT molecular complexity index is 448. The number of aromatic nitrogens is 1. The Hall–Kier alpha value is -1.96. The lowest BCUT2D eigenvalue weighted by atomic mass is 10.1. The van der Waals surface area contributed by atoms with Crippen LogP contribution in [0.4, 0.5) is 4.39 Å². The molecule has 0 spiro atoms. The summed E-state index contributed by atoms with van der Waals surface area (Å²) in [5, 5.41) is 0. The summed E-state index contributed by atoms with van der Waals surface area (Å²) in [7, 11) is 0. The van der Waals surface area contributed by atoms with E-state index in [2.05, 4.69) is 4.98 Å². The molecule has 1 nitrogen and oxygen atoms in total. The molecule has 1 heterocycles. The second-order valence-corrected chi connectivity index (χ2v) is 3.14. The summed E-state index contributed by atoms with van der Waals surface area (Å²) < 4.78 is 13.7. The predicted octanol–water partition coefficient (Wildman–Crippen LogP) is 3.55. The van der Waals surface area contributed by atoms with E-state index in [-0.39, 0.29) is 5.83 Å². The highest BCUT2D eigenvalue weighted by atomic mass is 19.1. The summed E-state index contributed by atoms with van der Waals surface area (Å²) in [6.45, 7) is 0. The predicted molar refractivity (Wildman–Crippen MR) is 59.7 cm³/mol. The molecular formula is C13H10FN. The van der Waals surface area contributed by atoms with Crippen LogP contribution in [0.25, 0.3) is 11.9 Å². The number of rotatable bonds is 2. The van der Waals surface area contributed by atoms with Crippen LogP contribution < -0.4 is 0 Å². The molecule has 2 aromatic rings. The van der Waals surface area contributed by atoms with Gasteiger partial charge in [0.2, 0.25) is 0 Å². The van der Waals surface area contributed by atoms with Crippen LogP contribution in [0.3, 0.4) is 0 Å². The van der Waals surface area contributed by atoms with E-state index < -0.39 is 0 Å². The van der Waals surface area contributed by atoms with Gasteiger partial charge < -0.3 is 0 Å². The van der Waals surface area contributed by atoms with E-state index >= 15 is 0 Å². The van der Waals surface area contributed by atoms with Crippen LogP contribution in [0.1, 0.15) is 11.1 Å². The molecule has 0 atom stereocenters. The van der Waals surface area contributed by atoms with E-state index in [0.717, 1.165) is 5.56 Å². The molecule has 0 amide bonds. The molecule has 2 rings (SSSR count). The van der Waals surface area contributed by atoms with Crippen molar-refractivity contribution >= 4 is 11.9 Å². The fraction of sp³-hybridized carbons (Fsp3) is 0. The summed E-state index contributed by atoms with van der Waals surface area (Å²) in [5.74, 6) is -0.247. The zero-order chi connectivity index (χ0) is 10.5. The molecule has 0 radical (unpaired) electrons. The SMILES string of the molecule is FC(=Cc1cccnc1)c1ccccc1. The van der Waals surface area contributed by atoms with Crippen LogP contribution >= 0.6 is 0 Å². The fourth-order valence-corrected chi connectivity index (χ4v) is 1.29. The first kappa shape index (κ1) is 9.59. The number of nitrogens with zero attached hydrogens (tertiary/aromatic N) is 1. The van der Waals surface area contributed by atoms with Gasteiger partial charge in [-0.25, -0.2) is 4.39 Å². The smallest absolute Gasteiger partial charge is 0.131 e. The van der Waals surface area contributed by atoms with Crippen molar-refractivity contribution in [2.75, 3.05) is 0 Å². The monoisotopic (exact) mass is 199 g/mol. The Balaban J connectivity index is 2.29. The Labute approximate surface area is 87.9 Å². The van der Waals surface area contributed by atoms with Crippen molar-refractivity contribution in [2.24, 2.45) is 0 Å². The molecule has 0 saturated carbocycles. The number of benzene rings is 1. The average molecular weight is 199 g/mol. The van der Waals surface area contributed by atoms with E-state index in [1.165, 1.54) is 6.08 Å². The lowest BCUT2D eigenvalue weighted by Crippen LogP contribution is -1.78. The Morgan fingerprint density at radius 2 is 1.87 bits per heavy atom. The standard InChI is InChI=1S/C13H10FN/c14-13(12-6-2-1-3-7-12)9-11-5-4-8-15-10-11/h1-10H. The molecule has 1 aromatic carbocycles. The summed E-state index contributed by atoms with van der Waals surface area (Å²) >= 11 is 0. The number of pyridine rings is 1. The molecule has 0 saturated heterocycles. The molecule has 0 N–H and O–H groups in total. The lowest BCUT2D eigenvalue weighted by Gasteiger charge is -1.97. The third-order valence-corrected chi connectivity index (χ3v) is 2.03. The van der Waals surface area contributed by atoms with Crippen LogP contribution in [0.5, 0.6) is 0 Å². The molecule has 0 aliphatic rings. The third kappa shape index (κ3) is 2.50. The molecule has 0 bridgehead atoms. The molecule has 0 aliphatic carbocycles. The van der Waals surface area contributed by atoms with Gasteiger partial charge in [0.05, 0.1) is 0 Å². The summed E-state index contributed by atoms with van der Waals surface area (Å²) in [6.07, 6.45) is 4.77. The lowest BCUT2D eigenvalue weighted by molar-refractivity contribution is 0.765. The first-order valence-electron chi connectivity index (χ1n) is 4.69. The van der Waals surface area contributed by atoms with Crippen molar-refractivity contribution in [1.29, 1.82) is 0 Å². The van der Waals surface area contributed by atoms with Gasteiger partial charge in [-0.05, 0) is 17.7 Å². The highest BCUT2D eigenvalue weighted by molar-refractivity contribution is 5.76. The molecule has 74 valence electrons. The van der Waals surface area contributed by atoms with Crippen molar-refractivity contribution in [3.63, 3.8) is 0 Å². The van der Waals surface area contributed by atoms with Gasteiger partial charge >= 0.3 is 0 Å². The Morgan fingerprint density at radius 3 is 2.53 bits per heavy atom. The van der Waals surface area contributed by atoms with E-state index in [1.54, 1.807) is 30.6 Å². The Morgan fingerprint density at radius 1 is 1.07 bits per heavy atom. The summed E-state index contributed by atoms with van der Waals surface area (Å²) in [5.41, 5.74) is 1.35. The van der Waals surface area contributed by atoms with Crippen molar-refractivity contribution in [3.05, 3.63) is 66.0 Å². The molecule has 2 heteroatoms. The second-order valence-electron chi connectivity index (χ2n) is 3.14. The zero-order valence-electron chi connectivity index (χ0n) is 8.10. The van der Waals surface area contributed by atoms with Crippen LogP contribution in [-0.4, -0.2) is 4.98 Å². The van der Waals surface area contributed by atoms with Gasteiger partial charge in [0.15, 0.2) is 0 Å². The maximum atomic E-state index is 13.7. The quantitative estimate of drug-likeness (QED) is 0.720.